The number of rotatable bonds is 4. The molecule has 0 fully saturated rings. The van der Waals surface area contributed by atoms with Crippen LogP contribution in [-0.2, 0) is 6.54 Å². The first kappa shape index (κ1) is 14.0. The summed E-state index contributed by atoms with van der Waals surface area (Å²) in [6, 6.07) is 14.8. The molecule has 3 aromatic rings. The molecule has 0 bridgehead atoms. The van der Waals surface area contributed by atoms with Crippen molar-refractivity contribution in [2.75, 3.05) is 5.32 Å². The number of anilines is 1. The number of hydrogen-bond donors (Lipinski definition) is 1. The van der Waals surface area contributed by atoms with Crippen molar-refractivity contribution in [3.63, 3.8) is 0 Å². The van der Waals surface area contributed by atoms with E-state index in [0.717, 1.165) is 5.69 Å². The van der Waals surface area contributed by atoms with Gasteiger partial charge in [0, 0.05) is 18.8 Å². The lowest BCUT2D eigenvalue weighted by molar-refractivity contribution is -0.383. The molecule has 1 N–H and O–H groups in total. The van der Waals surface area contributed by atoms with E-state index >= 15 is 0 Å². The Morgan fingerprint density at radius 1 is 1.14 bits per heavy atom. The Labute approximate surface area is 127 Å². The topological polar surface area (TPSA) is 68.1 Å². The molecule has 0 spiro atoms. The molecule has 1 heterocycles. The molecule has 1 aromatic heterocycles. The molecule has 0 aliphatic heterocycles. The van der Waals surface area contributed by atoms with Crippen molar-refractivity contribution in [3.05, 3.63) is 76.0 Å². The maximum absolute atomic E-state index is 11.1. The van der Waals surface area contributed by atoms with Crippen molar-refractivity contribution in [1.29, 1.82) is 0 Å². The number of pyridine rings is 1. The monoisotopic (exact) mass is 293 g/mol. The first-order chi connectivity index (χ1) is 10.7. The highest BCUT2D eigenvalue weighted by Crippen LogP contribution is 2.30. The second-order valence-electron chi connectivity index (χ2n) is 5.07. The van der Waals surface area contributed by atoms with Crippen LogP contribution in [0.4, 0.5) is 11.4 Å². The zero-order chi connectivity index (χ0) is 15.5. The summed E-state index contributed by atoms with van der Waals surface area (Å²) in [5.41, 5.74) is 3.87. The number of aromatic nitrogens is 1. The first-order valence-electron chi connectivity index (χ1n) is 6.97. The van der Waals surface area contributed by atoms with E-state index in [4.69, 9.17) is 0 Å². The molecule has 0 amide bonds. The first-order valence-corrected chi connectivity index (χ1v) is 6.97. The van der Waals surface area contributed by atoms with Crippen LogP contribution in [0, 0.1) is 17.0 Å². The molecule has 0 aliphatic rings. The maximum Gasteiger partial charge on any atom is 0.278 e. The summed E-state index contributed by atoms with van der Waals surface area (Å²) in [4.78, 5) is 15.0. The molecule has 3 rings (SSSR count). The fourth-order valence-corrected chi connectivity index (χ4v) is 2.46. The van der Waals surface area contributed by atoms with E-state index in [-0.39, 0.29) is 10.6 Å². The van der Waals surface area contributed by atoms with Crippen LogP contribution in [0.2, 0.25) is 0 Å². The SMILES string of the molecule is Cc1ccccc1CNc1ccc([N+](=O)[O-])c2cccnc12. The molecular formula is C17H15N3O2. The number of nitro benzene ring substituents is 1. The minimum atomic E-state index is -0.380. The van der Waals surface area contributed by atoms with Crippen molar-refractivity contribution in [2.45, 2.75) is 13.5 Å². The number of nitrogens with zero attached hydrogens (tertiary/aromatic N) is 2. The summed E-state index contributed by atoms with van der Waals surface area (Å²) in [7, 11) is 0. The van der Waals surface area contributed by atoms with Gasteiger partial charge < -0.3 is 5.32 Å². The van der Waals surface area contributed by atoms with Gasteiger partial charge in [-0.1, -0.05) is 24.3 Å². The molecule has 0 aliphatic carbocycles. The van der Waals surface area contributed by atoms with Gasteiger partial charge in [-0.2, -0.15) is 0 Å². The Morgan fingerprint density at radius 2 is 1.95 bits per heavy atom. The third kappa shape index (κ3) is 2.61. The van der Waals surface area contributed by atoms with Gasteiger partial charge in [0.25, 0.3) is 5.69 Å². The van der Waals surface area contributed by atoms with E-state index in [1.165, 1.54) is 17.2 Å². The summed E-state index contributed by atoms with van der Waals surface area (Å²) >= 11 is 0. The van der Waals surface area contributed by atoms with Gasteiger partial charge >= 0.3 is 0 Å². The molecule has 0 saturated carbocycles. The fourth-order valence-electron chi connectivity index (χ4n) is 2.46. The maximum atomic E-state index is 11.1. The third-order valence-electron chi connectivity index (χ3n) is 3.67. The molecule has 5 heteroatoms. The highest BCUT2D eigenvalue weighted by atomic mass is 16.6. The van der Waals surface area contributed by atoms with Crippen LogP contribution in [0.5, 0.6) is 0 Å². The third-order valence-corrected chi connectivity index (χ3v) is 3.67. The number of hydrogen-bond acceptors (Lipinski definition) is 4. The van der Waals surface area contributed by atoms with Gasteiger partial charge in [-0.05, 0) is 36.2 Å². The van der Waals surface area contributed by atoms with E-state index in [0.29, 0.717) is 17.4 Å². The Morgan fingerprint density at radius 3 is 2.73 bits per heavy atom. The normalized spacial score (nSPS) is 10.6. The van der Waals surface area contributed by atoms with Crippen LogP contribution in [0.15, 0.2) is 54.7 Å². The minimum Gasteiger partial charge on any atom is -0.379 e. The molecule has 0 unspecified atom stereocenters. The zero-order valence-electron chi connectivity index (χ0n) is 12.1. The Hall–Kier alpha value is -2.95. The van der Waals surface area contributed by atoms with Gasteiger partial charge in [-0.3, -0.25) is 15.1 Å². The zero-order valence-corrected chi connectivity index (χ0v) is 12.1. The van der Waals surface area contributed by atoms with Gasteiger partial charge in [-0.15, -0.1) is 0 Å². The standard InChI is InChI=1S/C17H15N3O2/c1-12-5-2-3-6-13(12)11-19-15-8-9-16(20(21)22)14-7-4-10-18-17(14)15/h2-10,19H,11H2,1H3. The number of nitro groups is 1. The summed E-state index contributed by atoms with van der Waals surface area (Å²) < 4.78 is 0. The van der Waals surface area contributed by atoms with Crippen LogP contribution in [0.25, 0.3) is 10.9 Å². The van der Waals surface area contributed by atoms with E-state index < -0.39 is 0 Å². The van der Waals surface area contributed by atoms with Gasteiger partial charge in [-0.25, -0.2) is 0 Å². The van der Waals surface area contributed by atoms with Crippen molar-refractivity contribution in [2.24, 2.45) is 0 Å². The number of fused-ring (bicyclic) bond motifs is 1. The second-order valence-corrected chi connectivity index (χ2v) is 5.07. The van der Waals surface area contributed by atoms with Crippen LogP contribution < -0.4 is 5.32 Å². The van der Waals surface area contributed by atoms with E-state index in [1.807, 2.05) is 12.1 Å². The predicted octanol–water partition coefficient (Wildman–Crippen LogP) is 4.06. The summed E-state index contributed by atoms with van der Waals surface area (Å²) in [5.74, 6) is 0. The van der Waals surface area contributed by atoms with Crippen LogP contribution >= 0.6 is 0 Å². The van der Waals surface area contributed by atoms with Crippen molar-refractivity contribution in [1.82, 2.24) is 4.98 Å². The Kier molecular flexibility index (Phi) is 3.70. The molecule has 5 nitrogen and oxygen atoms in total. The average molecular weight is 293 g/mol. The smallest absolute Gasteiger partial charge is 0.278 e. The Bertz CT molecular complexity index is 846. The van der Waals surface area contributed by atoms with E-state index in [1.54, 1.807) is 24.4 Å². The Balaban J connectivity index is 1.97. The van der Waals surface area contributed by atoms with Crippen molar-refractivity contribution in [3.8, 4) is 0 Å². The number of non-ortho nitro benzene ring substituents is 1. The van der Waals surface area contributed by atoms with Crippen molar-refractivity contribution < 1.29 is 4.92 Å². The molecule has 0 saturated heterocycles. The largest absolute Gasteiger partial charge is 0.379 e. The van der Waals surface area contributed by atoms with Gasteiger partial charge in [0.2, 0.25) is 0 Å². The minimum absolute atomic E-state index is 0.0736. The van der Waals surface area contributed by atoms with Crippen LogP contribution in [0.1, 0.15) is 11.1 Å². The lowest BCUT2D eigenvalue weighted by Crippen LogP contribution is -2.03. The molecule has 22 heavy (non-hydrogen) atoms. The fraction of sp³-hybridized carbons (Fsp3) is 0.118. The summed E-state index contributed by atoms with van der Waals surface area (Å²) in [6.45, 7) is 2.71. The van der Waals surface area contributed by atoms with Gasteiger partial charge in [0.15, 0.2) is 0 Å². The summed E-state index contributed by atoms with van der Waals surface area (Å²) in [6.07, 6.45) is 1.64. The number of nitrogens with one attached hydrogen (secondary N) is 1. The van der Waals surface area contributed by atoms with Crippen LogP contribution in [0.3, 0.4) is 0 Å². The van der Waals surface area contributed by atoms with Gasteiger partial charge in [0.1, 0.15) is 5.52 Å². The molecular weight excluding hydrogens is 278 g/mol. The average Bonchev–Trinajstić information content (AvgIpc) is 2.53. The molecule has 0 radical (unpaired) electrons. The quantitative estimate of drug-likeness (QED) is 0.581. The lowest BCUT2D eigenvalue weighted by Gasteiger charge is -2.11. The highest BCUT2D eigenvalue weighted by molar-refractivity contribution is 5.96. The molecule has 0 atom stereocenters. The van der Waals surface area contributed by atoms with E-state index in [9.17, 15) is 10.1 Å². The number of benzene rings is 2. The predicted molar refractivity (Wildman–Crippen MR) is 86.9 cm³/mol. The van der Waals surface area contributed by atoms with Crippen molar-refractivity contribution >= 4 is 22.3 Å². The van der Waals surface area contributed by atoms with E-state index in [2.05, 4.69) is 29.4 Å². The highest BCUT2D eigenvalue weighted by Gasteiger charge is 2.14. The molecule has 110 valence electrons. The van der Waals surface area contributed by atoms with Crippen LogP contribution in [-0.4, -0.2) is 9.91 Å². The second kappa shape index (κ2) is 5.81. The van der Waals surface area contributed by atoms with Gasteiger partial charge in [0.05, 0.1) is 16.0 Å². The lowest BCUT2D eigenvalue weighted by atomic mass is 10.1. The summed E-state index contributed by atoms with van der Waals surface area (Å²) in [5, 5.41) is 15.0. The number of aryl methyl sites for hydroxylation is 1. The molecule has 2 aromatic carbocycles.